The maximum Gasteiger partial charge on any atom is 0.254 e. The van der Waals surface area contributed by atoms with Crippen LogP contribution in [0.2, 0.25) is 0 Å². The molecule has 4 rings (SSSR count). The maximum atomic E-state index is 12.7. The van der Waals surface area contributed by atoms with Gasteiger partial charge in [0.25, 0.3) is 11.5 Å². The summed E-state index contributed by atoms with van der Waals surface area (Å²) in [6.45, 7) is 1.42. The van der Waals surface area contributed by atoms with Crippen molar-refractivity contribution in [2.75, 3.05) is 6.54 Å². The number of nitrogens with one attached hydrogen (secondary N) is 1. The number of carbonyl (C=O) groups excluding carboxylic acids is 2. The van der Waals surface area contributed by atoms with Crippen LogP contribution in [0.4, 0.5) is 0 Å². The van der Waals surface area contributed by atoms with Crippen LogP contribution in [-0.4, -0.2) is 53.8 Å². The number of aromatic nitrogens is 4. The molecule has 2 N–H and O–H groups in total. The topological polar surface area (TPSA) is 122 Å². The Balaban J connectivity index is 1.47. The summed E-state index contributed by atoms with van der Waals surface area (Å²) >= 11 is 0. The third kappa shape index (κ3) is 4.07. The molecule has 3 heterocycles. The molecule has 0 aromatic carbocycles. The van der Waals surface area contributed by atoms with Crippen LogP contribution in [0.5, 0.6) is 0 Å². The van der Waals surface area contributed by atoms with Gasteiger partial charge >= 0.3 is 0 Å². The van der Waals surface area contributed by atoms with Gasteiger partial charge in [0.15, 0.2) is 0 Å². The molecule has 0 radical (unpaired) electrons. The fourth-order valence-corrected chi connectivity index (χ4v) is 3.77. The molecule has 10 heteroatoms. The van der Waals surface area contributed by atoms with Crippen molar-refractivity contribution in [1.82, 2.24) is 29.5 Å². The quantitative estimate of drug-likeness (QED) is 0.707. The summed E-state index contributed by atoms with van der Waals surface area (Å²) in [6, 6.07) is 1.42. The van der Waals surface area contributed by atoms with E-state index in [-0.39, 0.29) is 42.5 Å². The molecule has 0 unspecified atom stereocenters. The van der Waals surface area contributed by atoms with E-state index in [1.807, 2.05) is 0 Å². The van der Waals surface area contributed by atoms with Crippen LogP contribution in [-0.2, 0) is 31.5 Å². The first kappa shape index (κ1) is 19.3. The molecule has 154 valence electrons. The molecular formula is C19H24N6O4. The average molecular weight is 400 g/mol. The van der Waals surface area contributed by atoms with Gasteiger partial charge in [-0.3, -0.25) is 23.6 Å². The Morgan fingerprint density at radius 3 is 2.79 bits per heavy atom. The first-order chi connectivity index (χ1) is 13.9. The van der Waals surface area contributed by atoms with Crippen LogP contribution in [0.25, 0.3) is 0 Å². The van der Waals surface area contributed by atoms with Crippen molar-refractivity contribution >= 4 is 11.8 Å². The zero-order chi connectivity index (χ0) is 20.5. The molecule has 0 atom stereocenters. The molecule has 1 saturated carbocycles. The minimum atomic E-state index is -0.390. The smallest absolute Gasteiger partial charge is 0.254 e. The number of aryl methyl sites for hydroxylation is 1. The molecular weight excluding hydrogens is 376 g/mol. The second-order valence-electron chi connectivity index (χ2n) is 7.67. The number of rotatable bonds is 4. The average Bonchev–Trinajstić information content (AvgIpc) is 2.98. The van der Waals surface area contributed by atoms with E-state index in [1.165, 1.54) is 16.9 Å². The van der Waals surface area contributed by atoms with Gasteiger partial charge in [0.1, 0.15) is 5.82 Å². The van der Waals surface area contributed by atoms with Gasteiger partial charge in [0, 0.05) is 38.3 Å². The first-order valence-corrected chi connectivity index (χ1v) is 9.74. The number of hydrogen-bond donors (Lipinski definition) is 2. The van der Waals surface area contributed by atoms with E-state index in [2.05, 4.69) is 15.4 Å². The van der Waals surface area contributed by atoms with Gasteiger partial charge in [-0.1, -0.05) is 0 Å². The van der Waals surface area contributed by atoms with E-state index in [1.54, 1.807) is 22.7 Å². The van der Waals surface area contributed by atoms with Crippen LogP contribution in [0.1, 0.15) is 41.1 Å². The number of carbonyl (C=O) groups is 2. The normalized spacial score (nSPS) is 21.1. The minimum absolute atomic E-state index is 0.00767. The third-order valence-electron chi connectivity index (χ3n) is 5.45. The van der Waals surface area contributed by atoms with Crippen LogP contribution in [0.3, 0.4) is 0 Å². The summed E-state index contributed by atoms with van der Waals surface area (Å²) < 4.78 is 3.13. The Morgan fingerprint density at radius 2 is 2.10 bits per heavy atom. The van der Waals surface area contributed by atoms with Crippen molar-refractivity contribution in [3.63, 3.8) is 0 Å². The summed E-state index contributed by atoms with van der Waals surface area (Å²) in [5.74, 6) is 0.0858. The summed E-state index contributed by atoms with van der Waals surface area (Å²) in [6.07, 6.45) is 4.35. The van der Waals surface area contributed by atoms with Crippen molar-refractivity contribution in [1.29, 1.82) is 0 Å². The van der Waals surface area contributed by atoms with Gasteiger partial charge in [0.05, 0.1) is 36.6 Å². The van der Waals surface area contributed by atoms with Crippen molar-refractivity contribution in [2.45, 2.75) is 45.0 Å². The summed E-state index contributed by atoms with van der Waals surface area (Å²) in [4.78, 5) is 43.7. The fraction of sp³-hybridized carbons (Fsp3) is 0.526. The highest BCUT2D eigenvalue weighted by Crippen LogP contribution is 2.29. The summed E-state index contributed by atoms with van der Waals surface area (Å²) in [5.41, 5.74) is 0.694. The Hall–Kier alpha value is -3.01. The molecule has 1 aliphatic heterocycles. The number of aliphatic hydroxyl groups is 1. The van der Waals surface area contributed by atoms with Crippen LogP contribution in [0, 0.1) is 5.92 Å². The monoisotopic (exact) mass is 400 g/mol. The Bertz CT molecular complexity index is 991. The van der Waals surface area contributed by atoms with Gasteiger partial charge in [-0.2, -0.15) is 5.10 Å². The van der Waals surface area contributed by atoms with E-state index < -0.39 is 0 Å². The highest BCUT2D eigenvalue weighted by Gasteiger charge is 2.36. The number of fused-ring (bicyclic) bond motifs is 1. The van der Waals surface area contributed by atoms with Gasteiger partial charge in [0.2, 0.25) is 5.91 Å². The molecule has 2 amide bonds. The van der Waals surface area contributed by atoms with Crippen LogP contribution >= 0.6 is 0 Å². The fourth-order valence-electron chi connectivity index (χ4n) is 3.77. The van der Waals surface area contributed by atoms with Crippen molar-refractivity contribution in [3.8, 4) is 0 Å². The first-order valence-electron chi connectivity index (χ1n) is 9.74. The van der Waals surface area contributed by atoms with Gasteiger partial charge in [-0.25, -0.2) is 4.98 Å². The van der Waals surface area contributed by atoms with Gasteiger partial charge < -0.3 is 15.3 Å². The molecule has 0 bridgehead atoms. The molecule has 1 aliphatic carbocycles. The van der Waals surface area contributed by atoms with E-state index in [0.717, 1.165) is 0 Å². The lowest BCUT2D eigenvalue weighted by Crippen LogP contribution is -2.43. The van der Waals surface area contributed by atoms with E-state index in [0.29, 0.717) is 49.4 Å². The highest BCUT2D eigenvalue weighted by atomic mass is 16.3. The predicted octanol–water partition coefficient (Wildman–Crippen LogP) is -0.590. The number of amides is 2. The predicted molar refractivity (Wildman–Crippen MR) is 102 cm³/mol. The molecule has 2 aliphatic rings. The Labute approximate surface area is 167 Å². The third-order valence-corrected chi connectivity index (χ3v) is 5.45. The van der Waals surface area contributed by atoms with Crippen molar-refractivity contribution < 1.29 is 14.7 Å². The molecule has 2 aromatic rings. The molecule has 0 saturated heterocycles. The largest absolute Gasteiger partial charge is 0.393 e. The lowest BCUT2D eigenvalue weighted by Gasteiger charge is -2.34. The zero-order valence-corrected chi connectivity index (χ0v) is 16.2. The standard InChI is InChI=1S/C19H24N6O4/c1-23-10-13(8-21-23)18(28)20-9-14-7-17(27)25-4-2-3-24(11-16(25)22-14)19(29)12-5-15(26)6-12/h7-8,10,12,15,26H,2-6,9,11H2,1H3,(H,20,28). The highest BCUT2D eigenvalue weighted by molar-refractivity contribution is 5.93. The molecule has 1 fully saturated rings. The molecule has 2 aromatic heterocycles. The van der Waals surface area contributed by atoms with Crippen LogP contribution < -0.4 is 10.9 Å². The number of nitrogens with zero attached hydrogens (tertiary/aromatic N) is 5. The second kappa shape index (κ2) is 7.78. The summed E-state index contributed by atoms with van der Waals surface area (Å²) in [7, 11) is 1.73. The van der Waals surface area contributed by atoms with Crippen LogP contribution in [0.15, 0.2) is 23.3 Å². The zero-order valence-electron chi connectivity index (χ0n) is 16.2. The SMILES string of the molecule is Cn1cc(C(=O)NCc2cc(=O)n3c(n2)CN(C(=O)C2CC(O)C2)CCC3)cn1. The lowest BCUT2D eigenvalue weighted by atomic mass is 9.81. The Morgan fingerprint density at radius 1 is 1.31 bits per heavy atom. The second-order valence-corrected chi connectivity index (χ2v) is 7.67. The maximum absolute atomic E-state index is 12.7. The number of hydrogen-bond acceptors (Lipinski definition) is 6. The molecule has 0 spiro atoms. The molecule has 29 heavy (non-hydrogen) atoms. The number of aliphatic hydroxyl groups excluding tert-OH is 1. The van der Waals surface area contributed by atoms with E-state index in [4.69, 9.17) is 0 Å². The van der Waals surface area contributed by atoms with Gasteiger partial charge in [-0.05, 0) is 19.3 Å². The van der Waals surface area contributed by atoms with Gasteiger partial charge in [-0.15, -0.1) is 0 Å². The Kier molecular flexibility index (Phi) is 5.18. The van der Waals surface area contributed by atoms with E-state index in [9.17, 15) is 19.5 Å². The lowest BCUT2D eigenvalue weighted by molar-refractivity contribution is -0.143. The molecule has 10 nitrogen and oxygen atoms in total. The minimum Gasteiger partial charge on any atom is -0.393 e. The summed E-state index contributed by atoms with van der Waals surface area (Å²) in [5, 5.41) is 16.2. The van der Waals surface area contributed by atoms with Crippen molar-refractivity contribution in [3.05, 3.63) is 45.9 Å². The van der Waals surface area contributed by atoms with Crippen molar-refractivity contribution in [2.24, 2.45) is 13.0 Å². The van der Waals surface area contributed by atoms with E-state index >= 15 is 0 Å².